The van der Waals surface area contributed by atoms with Crippen molar-refractivity contribution in [1.29, 1.82) is 0 Å². The van der Waals surface area contributed by atoms with Crippen LogP contribution in [0.5, 0.6) is 5.75 Å². The van der Waals surface area contributed by atoms with Crippen LogP contribution >= 0.6 is 0 Å². The van der Waals surface area contributed by atoms with Crippen molar-refractivity contribution >= 4 is 11.6 Å². The fourth-order valence-corrected chi connectivity index (χ4v) is 2.52. The number of para-hydroxylation sites is 2. The number of amides is 1. The first-order valence-corrected chi connectivity index (χ1v) is 7.03. The Bertz CT molecular complexity index is 462. The number of hydrogen-bond acceptors (Lipinski definition) is 4. The lowest BCUT2D eigenvalue weighted by Crippen LogP contribution is -2.40. The average molecular weight is 277 g/mol. The lowest BCUT2D eigenvalue weighted by atomic mass is 10.1. The number of carbonyl (C=O) groups is 1. The van der Waals surface area contributed by atoms with Crippen molar-refractivity contribution in [2.45, 2.75) is 19.4 Å². The highest BCUT2D eigenvalue weighted by molar-refractivity contribution is 5.80. The molecule has 2 rings (SSSR count). The summed E-state index contributed by atoms with van der Waals surface area (Å²) in [6, 6.07) is 7.59. The minimum absolute atomic E-state index is 0.0826. The van der Waals surface area contributed by atoms with E-state index < -0.39 is 6.04 Å². The van der Waals surface area contributed by atoms with Crippen LogP contribution in [0, 0.1) is 5.92 Å². The molecule has 1 aromatic rings. The molecule has 1 saturated heterocycles. The molecule has 5 nitrogen and oxygen atoms in total. The summed E-state index contributed by atoms with van der Waals surface area (Å²) in [6.07, 6.45) is 1.07. The number of rotatable bonds is 5. The van der Waals surface area contributed by atoms with Gasteiger partial charge >= 0.3 is 0 Å². The molecule has 0 spiro atoms. The zero-order chi connectivity index (χ0) is 14.5. The van der Waals surface area contributed by atoms with Crippen molar-refractivity contribution in [3.63, 3.8) is 0 Å². The quantitative estimate of drug-likeness (QED) is 0.842. The van der Waals surface area contributed by atoms with Crippen LogP contribution in [-0.2, 0) is 4.79 Å². The first-order valence-electron chi connectivity index (χ1n) is 7.03. The molecule has 5 heteroatoms. The first-order chi connectivity index (χ1) is 9.61. The molecule has 20 heavy (non-hydrogen) atoms. The van der Waals surface area contributed by atoms with Crippen LogP contribution in [0.15, 0.2) is 24.3 Å². The minimum atomic E-state index is -0.443. The van der Waals surface area contributed by atoms with E-state index in [0.717, 1.165) is 30.9 Å². The SMILES string of the molecule is COc1ccccc1N1CCC(CNC(=O)C(C)N)C1. The molecule has 0 aliphatic carbocycles. The number of carbonyl (C=O) groups excluding carboxylic acids is 1. The summed E-state index contributed by atoms with van der Waals surface area (Å²) in [4.78, 5) is 13.8. The van der Waals surface area contributed by atoms with Crippen molar-refractivity contribution in [3.05, 3.63) is 24.3 Å². The van der Waals surface area contributed by atoms with Crippen LogP contribution in [0.1, 0.15) is 13.3 Å². The maximum absolute atomic E-state index is 11.5. The normalized spacial score (nSPS) is 19.8. The molecule has 1 aromatic carbocycles. The van der Waals surface area contributed by atoms with Crippen molar-refractivity contribution in [2.24, 2.45) is 11.7 Å². The van der Waals surface area contributed by atoms with Gasteiger partial charge < -0.3 is 20.7 Å². The molecule has 1 fully saturated rings. The van der Waals surface area contributed by atoms with E-state index >= 15 is 0 Å². The molecular weight excluding hydrogens is 254 g/mol. The number of methoxy groups -OCH3 is 1. The number of hydrogen-bond donors (Lipinski definition) is 2. The van der Waals surface area contributed by atoms with E-state index in [1.54, 1.807) is 14.0 Å². The molecule has 0 radical (unpaired) electrons. The molecule has 0 saturated carbocycles. The summed E-state index contributed by atoms with van der Waals surface area (Å²) in [5, 5.41) is 2.90. The van der Waals surface area contributed by atoms with Gasteiger partial charge in [-0.3, -0.25) is 4.79 Å². The molecular formula is C15H23N3O2. The Hall–Kier alpha value is -1.75. The summed E-state index contributed by atoms with van der Waals surface area (Å²) < 4.78 is 5.39. The number of anilines is 1. The van der Waals surface area contributed by atoms with Crippen LogP contribution in [0.3, 0.4) is 0 Å². The second-order valence-electron chi connectivity index (χ2n) is 5.31. The van der Waals surface area contributed by atoms with E-state index in [9.17, 15) is 4.79 Å². The van der Waals surface area contributed by atoms with E-state index in [2.05, 4.69) is 16.3 Å². The fourth-order valence-electron chi connectivity index (χ4n) is 2.52. The standard InChI is InChI=1S/C15H23N3O2/c1-11(16)15(19)17-9-12-7-8-18(10-12)13-5-3-4-6-14(13)20-2/h3-6,11-12H,7-10,16H2,1-2H3,(H,17,19). The van der Waals surface area contributed by atoms with E-state index in [-0.39, 0.29) is 5.91 Å². The summed E-state index contributed by atoms with van der Waals surface area (Å²) in [5.74, 6) is 1.27. The predicted molar refractivity (Wildman–Crippen MR) is 80.0 cm³/mol. The monoisotopic (exact) mass is 277 g/mol. The lowest BCUT2D eigenvalue weighted by molar-refractivity contribution is -0.122. The zero-order valence-electron chi connectivity index (χ0n) is 12.1. The van der Waals surface area contributed by atoms with Crippen molar-refractivity contribution in [2.75, 3.05) is 31.6 Å². The molecule has 0 bridgehead atoms. The van der Waals surface area contributed by atoms with Crippen LogP contribution in [0.4, 0.5) is 5.69 Å². The molecule has 1 aliphatic heterocycles. The zero-order valence-corrected chi connectivity index (χ0v) is 12.1. The maximum Gasteiger partial charge on any atom is 0.236 e. The average Bonchev–Trinajstić information content (AvgIpc) is 2.93. The predicted octanol–water partition coefficient (Wildman–Crippen LogP) is 0.985. The van der Waals surface area contributed by atoms with Crippen molar-refractivity contribution in [1.82, 2.24) is 5.32 Å². The number of nitrogens with two attached hydrogens (primary N) is 1. The number of nitrogens with zero attached hydrogens (tertiary/aromatic N) is 1. The number of nitrogens with one attached hydrogen (secondary N) is 1. The summed E-state index contributed by atoms with van der Waals surface area (Å²) in [5.41, 5.74) is 6.66. The Kier molecular flexibility index (Phi) is 4.84. The highest BCUT2D eigenvalue weighted by Crippen LogP contribution is 2.31. The van der Waals surface area contributed by atoms with Gasteiger partial charge in [-0.1, -0.05) is 12.1 Å². The van der Waals surface area contributed by atoms with Gasteiger partial charge in [0.05, 0.1) is 18.8 Å². The third-order valence-corrected chi connectivity index (χ3v) is 3.69. The topological polar surface area (TPSA) is 67.6 Å². The van der Waals surface area contributed by atoms with Gasteiger partial charge in [-0.25, -0.2) is 0 Å². The van der Waals surface area contributed by atoms with E-state index in [1.165, 1.54) is 0 Å². The molecule has 0 aromatic heterocycles. The van der Waals surface area contributed by atoms with Gasteiger partial charge in [0, 0.05) is 19.6 Å². The van der Waals surface area contributed by atoms with Gasteiger partial charge in [0.25, 0.3) is 0 Å². The van der Waals surface area contributed by atoms with E-state index in [4.69, 9.17) is 10.5 Å². The van der Waals surface area contributed by atoms with Gasteiger partial charge in [-0.15, -0.1) is 0 Å². The van der Waals surface area contributed by atoms with Crippen LogP contribution in [0.25, 0.3) is 0 Å². The molecule has 3 N–H and O–H groups in total. The highest BCUT2D eigenvalue weighted by Gasteiger charge is 2.25. The second-order valence-corrected chi connectivity index (χ2v) is 5.31. The molecule has 2 unspecified atom stereocenters. The second kappa shape index (κ2) is 6.61. The van der Waals surface area contributed by atoms with Gasteiger partial charge in [0.15, 0.2) is 0 Å². The summed E-state index contributed by atoms with van der Waals surface area (Å²) in [7, 11) is 1.69. The highest BCUT2D eigenvalue weighted by atomic mass is 16.5. The van der Waals surface area contributed by atoms with Gasteiger partial charge in [0.2, 0.25) is 5.91 Å². The van der Waals surface area contributed by atoms with Crippen molar-refractivity contribution < 1.29 is 9.53 Å². The minimum Gasteiger partial charge on any atom is -0.495 e. The Balaban J connectivity index is 1.90. The Labute approximate surface area is 120 Å². The third kappa shape index (κ3) is 3.42. The van der Waals surface area contributed by atoms with Crippen LogP contribution in [-0.4, -0.2) is 38.7 Å². The molecule has 1 aliphatic rings. The van der Waals surface area contributed by atoms with Gasteiger partial charge in [-0.05, 0) is 31.4 Å². The van der Waals surface area contributed by atoms with Crippen molar-refractivity contribution in [3.8, 4) is 5.75 Å². The number of ether oxygens (including phenoxy) is 1. The molecule has 1 heterocycles. The van der Waals surface area contributed by atoms with Gasteiger partial charge in [0.1, 0.15) is 5.75 Å². The molecule has 2 atom stereocenters. The molecule has 110 valence electrons. The summed E-state index contributed by atoms with van der Waals surface area (Å²) in [6.45, 7) is 4.30. The van der Waals surface area contributed by atoms with Gasteiger partial charge in [-0.2, -0.15) is 0 Å². The van der Waals surface area contributed by atoms with E-state index in [1.807, 2.05) is 18.2 Å². The number of benzene rings is 1. The smallest absolute Gasteiger partial charge is 0.236 e. The Morgan fingerprint density at radius 3 is 3.00 bits per heavy atom. The van der Waals surface area contributed by atoms with Crippen LogP contribution in [0.2, 0.25) is 0 Å². The van der Waals surface area contributed by atoms with Crippen LogP contribution < -0.4 is 20.7 Å². The third-order valence-electron chi connectivity index (χ3n) is 3.69. The van der Waals surface area contributed by atoms with E-state index in [0.29, 0.717) is 12.5 Å². The molecule has 1 amide bonds. The Morgan fingerprint density at radius 2 is 2.30 bits per heavy atom. The lowest BCUT2D eigenvalue weighted by Gasteiger charge is -2.21. The largest absolute Gasteiger partial charge is 0.495 e. The first kappa shape index (κ1) is 14.7. The maximum atomic E-state index is 11.5. The summed E-state index contributed by atoms with van der Waals surface area (Å²) >= 11 is 0. The fraction of sp³-hybridized carbons (Fsp3) is 0.533. The Morgan fingerprint density at radius 1 is 1.55 bits per heavy atom.